The Morgan fingerprint density at radius 3 is 2.63 bits per heavy atom. The number of carbonyl (C=O) groups is 1. The minimum Gasteiger partial charge on any atom is -0.371 e. The zero-order valence-corrected chi connectivity index (χ0v) is 13.5. The molecule has 0 heterocycles. The molecule has 1 fully saturated rings. The fourth-order valence-electron chi connectivity index (χ4n) is 3.15. The van der Waals surface area contributed by atoms with Gasteiger partial charge in [-0.15, -0.1) is 0 Å². The van der Waals surface area contributed by atoms with E-state index in [4.69, 9.17) is 0 Å². The van der Waals surface area contributed by atoms with Gasteiger partial charge in [0.25, 0.3) is 0 Å². The van der Waals surface area contributed by atoms with Crippen molar-refractivity contribution in [3.8, 4) is 0 Å². The second kappa shape index (κ2) is 6.08. The minimum absolute atomic E-state index is 0.131. The Kier molecular flexibility index (Phi) is 4.67. The third-order valence-electron chi connectivity index (χ3n) is 4.28. The van der Waals surface area contributed by atoms with E-state index in [1.807, 2.05) is 12.1 Å². The van der Waals surface area contributed by atoms with Crippen molar-refractivity contribution in [1.82, 2.24) is 0 Å². The molecule has 0 amide bonds. The Labute approximate surface area is 124 Å². The summed E-state index contributed by atoms with van der Waals surface area (Å²) in [5, 5.41) is 0. The number of hydrogen-bond donors (Lipinski definition) is 0. The van der Waals surface area contributed by atoms with Crippen LogP contribution in [0.4, 0.5) is 5.69 Å². The van der Waals surface area contributed by atoms with E-state index < -0.39 is 0 Å². The lowest BCUT2D eigenvalue weighted by atomic mass is 9.84. The number of rotatable bonds is 3. The van der Waals surface area contributed by atoms with Gasteiger partial charge >= 0.3 is 0 Å². The standard InChI is InChI=1S/C16H22BrNO/c1-11-6-4-5-7-15(11)18(3)16-9-8-13(17)10-14(16)12(2)19/h8-11,15H,4-7H2,1-3H3. The van der Waals surface area contributed by atoms with Crippen molar-refractivity contribution in [1.29, 1.82) is 0 Å². The Morgan fingerprint density at radius 1 is 1.32 bits per heavy atom. The number of benzene rings is 1. The average molecular weight is 324 g/mol. The summed E-state index contributed by atoms with van der Waals surface area (Å²) >= 11 is 3.45. The average Bonchev–Trinajstić information content (AvgIpc) is 2.38. The fourth-order valence-corrected chi connectivity index (χ4v) is 3.51. The Morgan fingerprint density at radius 2 is 2.00 bits per heavy atom. The maximum absolute atomic E-state index is 11.8. The summed E-state index contributed by atoms with van der Waals surface area (Å²) in [4.78, 5) is 14.2. The second-order valence-corrected chi connectivity index (χ2v) is 6.57. The van der Waals surface area contributed by atoms with Crippen molar-refractivity contribution < 1.29 is 4.79 Å². The lowest BCUT2D eigenvalue weighted by Gasteiger charge is -2.38. The molecule has 0 aromatic heterocycles. The molecular weight excluding hydrogens is 302 g/mol. The number of nitrogens with zero attached hydrogens (tertiary/aromatic N) is 1. The number of anilines is 1. The van der Waals surface area contributed by atoms with Crippen LogP contribution in [0.5, 0.6) is 0 Å². The van der Waals surface area contributed by atoms with Crippen LogP contribution in [-0.4, -0.2) is 18.9 Å². The molecule has 0 aliphatic heterocycles. The summed E-state index contributed by atoms with van der Waals surface area (Å²) in [6, 6.07) is 6.56. The first-order chi connectivity index (χ1) is 9.00. The van der Waals surface area contributed by atoms with Crippen LogP contribution in [0.3, 0.4) is 0 Å². The van der Waals surface area contributed by atoms with Gasteiger partial charge < -0.3 is 4.90 Å². The Balaban J connectivity index is 2.32. The van der Waals surface area contributed by atoms with Gasteiger partial charge in [0.2, 0.25) is 0 Å². The summed E-state index contributed by atoms with van der Waals surface area (Å²) in [5.74, 6) is 0.828. The number of Topliss-reactive ketones (excluding diaryl/α,β-unsaturated/α-hetero) is 1. The maximum Gasteiger partial charge on any atom is 0.161 e. The number of carbonyl (C=O) groups excluding carboxylic acids is 1. The molecule has 0 spiro atoms. The Bertz CT molecular complexity index is 472. The van der Waals surface area contributed by atoms with Crippen molar-refractivity contribution in [3.05, 3.63) is 28.2 Å². The van der Waals surface area contributed by atoms with Crippen LogP contribution >= 0.6 is 15.9 Å². The molecule has 1 aliphatic rings. The molecule has 2 atom stereocenters. The number of ketones is 1. The van der Waals surface area contributed by atoms with Gasteiger partial charge in [-0.1, -0.05) is 35.7 Å². The molecule has 19 heavy (non-hydrogen) atoms. The molecule has 0 saturated heterocycles. The van der Waals surface area contributed by atoms with Crippen molar-refractivity contribution in [2.75, 3.05) is 11.9 Å². The zero-order valence-electron chi connectivity index (χ0n) is 11.9. The highest BCUT2D eigenvalue weighted by atomic mass is 79.9. The maximum atomic E-state index is 11.8. The zero-order chi connectivity index (χ0) is 14.0. The van der Waals surface area contributed by atoms with E-state index in [1.165, 1.54) is 25.7 Å². The third kappa shape index (κ3) is 3.19. The van der Waals surface area contributed by atoms with E-state index in [1.54, 1.807) is 6.92 Å². The number of hydrogen-bond acceptors (Lipinski definition) is 2. The van der Waals surface area contributed by atoms with Crippen molar-refractivity contribution >= 4 is 27.4 Å². The molecule has 2 rings (SSSR count). The van der Waals surface area contributed by atoms with Crippen LogP contribution in [0.1, 0.15) is 49.9 Å². The van der Waals surface area contributed by atoms with Crippen LogP contribution in [-0.2, 0) is 0 Å². The van der Waals surface area contributed by atoms with E-state index in [0.717, 1.165) is 15.7 Å². The highest BCUT2D eigenvalue weighted by molar-refractivity contribution is 9.10. The minimum atomic E-state index is 0.131. The van der Waals surface area contributed by atoms with Gasteiger partial charge in [-0.2, -0.15) is 0 Å². The summed E-state index contributed by atoms with van der Waals surface area (Å²) in [5.41, 5.74) is 1.88. The lowest BCUT2D eigenvalue weighted by Crippen LogP contribution is -2.39. The van der Waals surface area contributed by atoms with Gasteiger partial charge in [0.1, 0.15) is 0 Å². The van der Waals surface area contributed by atoms with Gasteiger partial charge in [-0.3, -0.25) is 4.79 Å². The first-order valence-electron chi connectivity index (χ1n) is 7.04. The first kappa shape index (κ1) is 14.6. The molecule has 1 aliphatic carbocycles. The monoisotopic (exact) mass is 323 g/mol. The highest BCUT2D eigenvalue weighted by Crippen LogP contribution is 2.33. The predicted molar refractivity (Wildman–Crippen MR) is 84.0 cm³/mol. The van der Waals surface area contributed by atoms with Gasteiger partial charge in [0, 0.05) is 28.8 Å². The molecule has 0 bridgehead atoms. The van der Waals surface area contributed by atoms with E-state index >= 15 is 0 Å². The van der Waals surface area contributed by atoms with Crippen LogP contribution < -0.4 is 4.90 Å². The molecule has 1 aromatic carbocycles. The predicted octanol–water partition coefficient (Wildman–Crippen LogP) is 4.67. The van der Waals surface area contributed by atoms with Crippen LogP contribution in [0, 0.1) is 5.92 Å². The summed E-state index contributed by atoms with van der Waals surface area (Å²) in [7, 11) is 2.13. The van der Waals surface area contributed by atoms with Gasteiger partial charge in [0.15, 0.2) is 5.78 Å². The fraction of sp³-hybridized carbons (Fsp3) is 0.562. The van der Waals surface area contributed by atoms with Crippen LogP contribution in [0.25, 0.3) is 0 Å². The van der Waals surface area contributed by atoms with Crippen LogP contribution in [0.15, 0.2) is 22.7 Å². The summed E-state index contributed by atoms with van der Waals surface area (Å²) < 4.78 is 0.964. The molecule has 1 saturated carbocycles. The SMILES string of the molecule is CC(=O)c1cc(Br)ccc1N(C)C1CCCCC1C. The van der Waals surface area contributed by atoms with Gasteiger partial charge in [0.05, 0.1) is 0 Å². The normalized spacial score (nSPS) is 23.2. The number of halogens is 1. The lowest BCUT2D eigenvalue weighted by molar-refractivity contribution is 0.101. The van der Waals surface area contributed by atoms with Gasteiger partial charge in [-0.25, -0.2) is 0 Å². The van der Waals surface area contributed by atoms with Crippen molar-refractivity contribution in [3.63, 3.8) is 0 Å². The largest absolute Gasteiger partial charge is 0.371 e. The first-order valence-corrected chi connectivity index (χ1v) is 7.83. The van der Waals surface area contributed by atoms with E-state index in [-0.39, 0.29) is 5.78 Å². The van der Waals surface area contributed by atoms with Crippen molar-refractivity contribution in [2.45, 2.75) is 45.6 Å². The molecule has 2 nitrogen and oxygen atoms in total. The topological polar surface area (TPSA) is 20.3 Å². The smallest absolute Gasteiger partial charge is 0.161 e. The van der Waals surface area contributed by atoms with E-state index in [9.17, 15) is 4.79 Å². The molecule has 1 aromatic rings. The molecule has 0 radical (unpaired) electrons. The molecule has 0 N–H and O–H groups in total. The van der Waals surface area contributed by atoms with E-state index in [0.29, 0.717) is 12.0 Å². The molecule has 3 heteroatoms. The third-order valence-corrected chi connectivity index (χ3v) is 4.77. The molecule has 2 unspecified atom stereocenters. The second-order valence-electron chi connectivity index (χ2n) is 5.66. The Hall–Kier alpha value is -0.830. The van der Waals surface area contributed by atoms with Crippen molar-refractivity contribution in [2.24, 2.45) is 5.92 Å². The summed E-state index contributed by atoms with van der Waals surface area (Å²) in [6.07, 6.45) is 5.16. The summed E-state index contributed by atoms with van der Waals surface area (Å²) in [6.45, 7) is 3.97. The molecular formula is C16H22BrNO. The quantitative estimate of drug-likeness (QED) is 0.753. The van der Waals surface area contributed by atoms with E-state index in [2.05, 4.69) is 40.9 Å². The van der Waals surface area contributed by atoms with Gasteiger partial charge in [-0.05, 0) is 43.9 Å². The molecule has 104 valence electrons. The van der Waals surface area contributed by atoms with Crippen LogP contribution in [0.2, 0.25) is 0 Å². The highest BCUT2D eigenvalue weighted by Gasteiger charge is 2.26.